The molecule has 0 saturated heterocycles. The average molecular weight is 189 g/mol. The molecular formula is C9H7N3O2. The molecule has 2 rings (SSSR count). The highest BCUT2D eigenvalue weighted by Crippen LogP contribution is 1.94. The third-order valence-corrected chi connectivity index (χ3v) is 1.53. The molecule has 0 unspecified atom stereocenters. The summed E-state index contributed by atoms with van der Waals surface area (Å²) >= 11 is 0. The zero-order chi connectivity index (χ0) is 9.80. The molecule has 0 bridgehead atoms. The van der Waals surface area contributed by atoms with E-state index in [4.69, 9.17) is 4.84 Å². The Hall–Kier alpha value is -2.17. The monoisotopic (exact) mass is 189 g/mol. The van der Waals surface area contributed by atoms with Gasteiger partial charge in [0.25, 0.3) is 0 Å². The number of rotatable bonds is 2. The van der Waals surface area contributed by atoms with Gasteiger partial charge in [-0.1, -0.05) is 10.9 Å². The summed E-state index contributed by atoms with van der Waals surface area (Å²) in [6.07, 6.45) is 4.58. The fourth-order valence-electron chi connectivity index (χ4n) is 0.924. The Balaban J connectivity index is 2.11. The summed E-state index contributed by atoms with van der Waals surface area (Å²) in [5.41, 5.74) is 0.253. The van der Waals surface area contributed by atoms with E-state index >= 15 is 0 Å². The van der Waals surface area contributed by atoms with Gasteiger partial charge < -0.3 is 4.84 Å². The van der Waals surface area contributed by atoms with Crippen LogP contribution in [0.2, 0.25) is 0 Å². The first-order chi connectivity index (χ1) is 6.86. The van der Waals surface area contributed by atoms with Crippen LogP contribution in [0.1, 0.15) is 10.5 Å². The Labute approximate surface area is 79.9 Å². The molecule has 2 heterocycles. The van der Waals surface area contributed by atoms with Crippen molar-refractivity contribution >= 4 is 5.97 Å². The summed E-state index contributed by atoms with van der Waals surface area (Å²) in [5.74, 6) is -0.533. The van der Waals surface area contributed by atoms with E-state index < -0.39 is 5.97 Å². The second-order valence-corrected chi connectivity index (χ2v) is 2.50. The maximum atomic E-state index is 11.4. The largest absolute Gasteiger partial charge is 0.383 e. The number of pyridine rings is 1. The molecule has 5 nitrogen and oxygen atoms in total. The minimum Gasteiger partial charge on any atom is -0.312 e. The van der Waals surface area contributed by atoms with Gasteiger partial charge in [-0.15, -0.1) is 5.10 Å². The highest BCUT2D eigenvalue weighted by molar-refractivity contribution is 5.87. The van der Waals surface area contributed by atoms with Gasteiger partial charge in [0.15, 0.2) is 5.69 Å². The zero-order valence-electron chi connectivity index (χ0n) is 7.20. The van der Waals surface area contributed by atoms with Crippen molar-refractivity contribution in [2.45, 2.75) is 0 Å². The molecule has 0 atom stereocenters. The third-order valence-electron chi connectivity index (χ3n) is 1.53. The van der Waals surface area contributed by atoms with E-state index in [1.54, 1.807) is 24.3 Å². The van der Waals surface area contributed by atoms with E-state index in [9.17, 15) is 4.79 Å². The quantitative estimate of drug-likeness (QED) is 0.692. The topological polar surface area (TPSA) is 57.0 Å². The number of aromatic nitrogens is 3. The molecule has 0 aliphatic rings. The zero-order valence-corrected chi connectivity index (χ0v) is 7.20. The lowest BCUT2D eigenvalue weighted by Gasteiger charge is -2.00. The van der Waals surface area contributed by atoms with Gasteiger partial charge in [-0.25, -0.2) is 9.78 Å². The van der Waals surface area contributed by atoms with Gasteiger partial charge in [0.05, 0.1) is 12.4 Å². The van der Waals surface area contributed by atoms with Crippen LogP contribution < -0.4 is 4.84 Å². The van der Waals surface area contributed by atoms with E-state index in [1.165, 1.54) is 18.6 Å². The summed E-state index contributed by atoms with van der Waals surface area (Å²) in [5, 5.41) is 3.73. The second kappa shape index (κ2) is 3.69. The van der Waals surface area contributed by atoms with Crippen molar-refractivity contribution < 1.29 is 9.63 Å². The van der Waals surface area contributed by atoms with Crippen LogP contribution >= 0.6 is 0 Å². The van der Waals surface area contributed by atoms with Crippen molar-refractivity contribution in [1.29, 1.82) is 0 Å². The van der Waals surface area contributed by atoms with Crippen LogP contribution in [-0.2, 0) is 0 Å². The lowest BCUT2D eigenvalue weighted by Crippen LogP contribution is -2.20. The predicted molar refractivity (Wildman–Crippen MR) is 47.4 cm³/mol. The van der Waals surface area contributed by atoms with E-state index in [0.29, 0.717) is 0 Å². The fourth-order valence-corrected chi connectivity index (χ4v) is 0.924. The molecule has 5 heteroatoms. The number of hydrogen-bond acceptors (Lipinski definition) is 4. The first-order valence-electron chi connectivity index (χ1n) is 3.99. The van der Waals surface area contributed by atoms with Crippen LogP contribution in [0.4, 0.5) is 0 Å². The number of carbonyl (C=O) groups excluding carboxylic acids is 1. The number of carbonyl (C=O) groups is 1. The van der Waals surface area contributed by atoms with Gasteiger partial charge >= 0.3 is 5.97 Å². The summed E-state index contributed by atoms with van der Waals surface area (Å²) in [4.78, 5) is 21.1. The van der Waals surface area contributed by atoms with Crippen LogP contribution in [0.5, 0.6) is 0 Å². The predicted octanol–water partition coefficient (Wildman–Crippen LogP) is 0.547. The van der Waals surface area contributed by atoms with Crippen LogP contribution in [0.3, 0.4) is 0 Å². The normalized spacial score (nSPS) is 9.71. The first-order valence-corrected chi connectivity index (χ1v) is 3.99. The molecule has 14 heavy (non-hydrogen) atoms. The summed E-state index contributed by atoms with van der Waals surface area (Å²) in [6.45, 7) is 0. The van der Waals surface area contributed by atoms with Gasteiger partial charge in [0.2, 0.25) is 0 Å². The molecule has 0 N–H and O–H groups in total. The van der Waals surface area contributed by atoms with E-state index in [0.717, 1.165) is 4.85 Å². The standard InChI is InChI=1S/C9H7N3O2/c13-9(8-4-1-2-5-10-8)14-12-7-3-6-11-12/h1-7H. The number of nitrogens with zero attached hydrogens (tertiary/aromatic N) is 3. The molecule has 0 aromatic carbocycles. The molecule has 2 aromatic rings. The van der Waals surface area contributed by atoms with E-state index in [2.05, 4.69) is 10.1 Å². The van der Waals surface area contributed by atoms with Crippen LogP contribution in [0.15, 0.2) is 42.9 Å². The van der Waals surface area contributed by atoms with Gasteiger partial charge in [-0.05, 0) is 18.2 Å². The van der Waals surface area contributed by atoms with Gasteiger partial charge in [-0.3, -0.25) is 0 Å². The van der Waals surface area contributed by atoms with E-state index in [-0.39, 0.29) is 5.69 Å². The molecule has 0 aliphatic carbocycles. The molecule has 0 aliphatic heterocycles. The van der Waals surface area contributed by atoms with Gasteiger partial charge in [-0.2, -0.15) is 0 Å². The molecule has 0 amide bonds. The fraction of sp³-hybridized carbons (Fsp3) is 0. The van der Waals surface area contributed by atoms with Gasteiger partial charge in [0.1, 0.15) is 0 Å². The Morgan fingerprint density at radius 1 is 1.29 bits per heavy atom. The summed E-state index contributed by atoms with van der Waals surface area (Å²) in [6, 6.07) is 6.68. The molecule has 0 radical (unpaired) electrons. The molecule has 0 fully saturated rings. The second-order valence-electron chi connectivity index (χ2n) is 2.50. The average Bonchev–Trinajstić information content (AvgIpc) is 2.72. The first kappa shape index (κ1) is 8.43. The number of hydrogen-bond donors (Lipinski definition) is 0. The Kier molecular flexibility index (Phi) is 2.22. The Morgan fingerprint density at radius 2 is 2.21 bits per heavy atom. The van der Waals surface area contributed by atoms with Crippen LogP contribution in [-0.4, -0.2) is 20.9 Å². The third kappa shape index (κ3) is 1.77. The summed E-state index contributed by atoms with van der Waals surface area (Å²) in [7, 11) is 0. The van der Waals surface area contributed by atoms with Crippen molar-refractivity contribution in [1.82, 2.24) is 14.9 Å². The molecular weight excluding hydrogens is 182 g/mol. The Morgan fingerprint density at radius 3 is 2.86 bits per heavy atom. The molecule has 0 spiro atoms. The highest BCUT2D eigenvalue weighted by atomic mass is 16.7. The smallest absolute Gasteiger partial charge is 0.312 e. The van der Waals surface area contributed by atoms with E-state index in [1.807, 2.05) is 0 Å². The van der Waals surface area contributed by atoms with Crippen molar-refractivity contribution in [3.8, 4) is 0 Å². The van der Waals surface area contributed by atoms with Crippen molar-refractivity contribution in [2.75, 3.05) is 0 Å². The maximum Gasteiger partial charge on any atom is 0.383 e. The Bertz CT molecular complexity index is 411. The molecule has 70 valence electrons. The summed E-state index contributed by atoms with van der Waals surface area (Å²) < 4.78 is 0. The van der Waals surface area contributed by atoms with Crippen molar-refractivity contribution in [2.24, 2.45) is 0 Å². The van der Waals surface area contributed by atoms with Crippen molar-refractivity contribution in [3.63, 3.8) is 0 Å². The lowest BCUT2D eigenvalue weighted by molar-refractivity contribution is 0.0388. The SMILES string of the molecule is O=C(On1cccn1)c1ccccn1. The minimum absolute atomic E-state index is 0.253. The maximum absolute atomic E-state index is 11.4. The molecule has 0 saturated carbocycles. The van der Waals surface area contributed by atoms with Crippen LogP contribution in [0.25, 0.3) is 0 Å². The minimum atomic E-state index is -0.533. The highest BCUT2D eigenvalue weighted by Gasteiger charge is 2.08. The molecule has 2 aromatic heterocycles. The van der Waals surface area contributed by atoms with Gasteiger partial charge in [0, 0.05) is 6.20 Å². The lowest BCUT2D eigenvalue weighted by atomic mass is 10.4. The van der Waals surface area contributed by atoms with Crippen molar-refractivity contribution in [3.05, 3.63) is 48.5 Å². The van der Waals surface area contributed by atoms with Crippen LogP contribution in [0, 0.1) is 0 Å².